The number of rotatable bonds is 7. The normalized spacial score (nSPS) is 17.4. The Hall–Kier alpha value is -2.51. The third-order valence-electron chi connectivity index (χ3n) is 4.18. The van der Waals surface area contributed by atoms with Gasteiger partial charge >= 0.3 is 0 Å². The number of pyridine rings is 1. The van der Waals surface area contributed by atoms with Gasteiger partial charge in [0.1, 0.15) is 0 Å². The number of nitrogens with zero attached hydrogens (tertiary/aromatic N) is 4. The standard InChI is InChI=1S/C18H20N4O3/c1-4-14(10-19-7-1)11-22(12-15-5-2-8-23-15)13-17-20-18(21-25-17)16-6-3-9-24-16/h1,3-4,6-7,9-10,15H,2,5,8,11-13H2. The van der Waals surface area contributed by atoms with Gasteiger partial charge in [-0.15, -0.1) is 0 Å². The van der Waals surface area contributed by atoms with E-state index in [1.165, 1.54) is 0 Å². The lowest BCUT2D eigenvalue weighted by Crippen LogP contribution is -2.31. The molecule has 4 rings (SSSR count). The first-order valence-corrected chi connectivity index (χ1v) is 8.46. The highest BCUT2D eigenvalue weighted by atomic mass is 16.5. The fourth-order valence-electron chi connectivity index (χ4n) is 3.03. The summed E-state index contributed by atoms with van der Waals surface area (Å²) in [5.74, 6) is 1.64. The van der Waals surface area contributed by atoms with Gasteiger partial charge in [0.2, 0.25) is 11.7 Å². The molecule has 130 valence electrons. The van der Waals surface area contributed by atoms with Crippen molar-refractivity contribution in [3.63, 3.8) is 0 Å². The van der Waals surface area contributed by atoms with Gasteiger partial charge in [-0.25, -0.2) is 0 Å². The SMILES string of the molecule is c1cncc(CN(Cc2nc(-c3ccco3)no2)CC2CCCO2)c1. The molecule has 1 saturated heterocycles. The van der Waals surface area contributed by atoms with Crippen LogP contribution in [-0.2, 0) is 17.8 Å². The van der Waals surface area contributed by atoms with Gasteiger partial charge in [0.15, 0.2) is 5.76 Å². The molecule has 3 aromatic rings. The summed E-state index contributed by atoms with van der Waals surface area (Å²) in [5.41, 5.74) is 1.14. The Kier molecular flexibility index (Phi) is 4.85. The molecule has 0 amide bonds. The van der Waals surface area contributed by atoms with E-state index in [1.54, 1.807) is 18.5 Å². The van der Waals surface area contributed by atoms with Gasteiger partial charge in [0, 0.05) is 32.1 Å². The van der Waals surface area contributed by atoms with Gasteiger partial charge in [-0.3, -0.25) is 9.88 Å². The number of furan rings is 1. The van der Waals surface area contributed by atoms with Crippen molar-refractivity contribution in [3.05, 3.63) is 54.4 Å². The summed E-state index contributed by atoms with van der Waals surface area (Å²) in [6.07, 6.45) is 7.72. The van der Waals surface area contributed by atoms with E-state index in [-0.39, 0.29) is 6.10 Å². The molecule has 0 radical (unpaired) electrons. The monoisotopic (exact) mass is 340 g/mol. The van der Waals surface area contributed by atoms with E-state index in [9.17, 15) is 0 Å². The zero-order valence-corrected chi connectivity index (χ0v) is 13.9. The molecule has 4 heterocycles. The molecule has 1 atom stereocenters. The van der Waals surface area contributed by atoms with Crippen LogP contribution in [0.2, 0.25) is 0 Å². The highest BCUT2D eigenvalue weighted by Gasteiger charge is 2.21. The van der Waals surface area contributed by atoms with E-state index in [0.29, 0.717) is 24.0 Å². The Morgan fingerprint density at radius 3 is 2.96 bits per heavy atom. The fourth-order valence-corrected chi connectivity index (χ4v) is 3.03. The van der Waals surface area contributed by atoms with Crippen LogP contribution in [0.3, 0.4) is 0 Å². The molecule has 0 saturated carbocycles. The first-order valence-electron chi connectivity index (χ1n) is 8.46. The molecule has 1 fully saturated rings. The number of ether oxygens (including phenoxy) is 1. The molecule has 1 aliphatic rings. The summed E-state index contributed by atoms with van der Waals surface area (Å²) in [7, 11) is 0. The minimum atomic E-state index is 0.254. The highest BCUT2D eigenvalue weighted by Crippen LogP contribution is 2.19. The average molecular weight is 340 g/mol. The van der Waals surface area contributed by atoms with Crippen LogP contribution in [0, 0.1) is 0 Å². The van der Waals surface area contributed by atoms with E-state index in [2.05, 4.69) is 26.1 Å². The van der Waals surface area contributed by atoms with Crippen LogP contribution in [0.25, 0.3) is 11.6 Å². The lowest BCUT2D eigenvalue weighted by Gasteiger charge is -2.23. The molecule has 0 spiro atoms. The molecule has 3 aromatic heterocycles. The third kappa shape index (κ3) is 4.12. The maximum Gasteiger partial charge on any atom is 0.241 e. The van der Waals surface area contributed by atoms with Crippen LogP contribution < -0.4 is 0 Å². The van der Waals surface area contributed by atoms with Crippen molar-refractivity contribution in [3.8, 4) is 11.6 Å². The second-order valence-corrected chi connectivity index (χ2v) is 6.15. The minimum absolute atomic E-state index is 0.254. The summed E-state index contributed by atoms with van der Waals surface area (Å²) >= 11 is 0. The number of hydrogen-bond donors (Lipinski definition) is 0. The predicted octanol–water partition coefficient (Wildman–Crippen LogP) is 2.91. The van der Waals surface area contributed by atoms with E-state index >= 15 is 0 Å². The number of aromatic nitrogens is 3. The molecule has 0 N–H and O–H groups in total. The van der Waals surface area contributed by atoms with Crippen molar-refractivity contribution in [1.29, 1.82) is 0 Å². The summed E-state index contributed by atoms with van der Waals surface area (Å²) in [4.78, 5) is 10.9. The lowest BCUT2D eigenvalue weighted by atomic mass is 10.2. The Bertz CT molecular complexity index is 767. The molecule has 0 aromatic carbocycles. The van der Waals surface area contributed by atoms with Gasteiger partial charge in [-0.2, -0.15) is 4.98 Å². The van der Waals surface area contributed by atoms with Gasteiger partial charge in [-0.05, 0) is 36.6 Å². The van der Waals surface area contributed by atoms with Crippen molar-refractivity contribution in [2.45, 2.75) is 32.0 Å². The average Bonchev–Trinajstić information content (AvgIpc) is 3.38. The second kappa shape index (κ2) is 7.58. The van der Waals surface area contributed by atoms with Crippen molar-refractivity contribution in [2.75, 3.05) is 13.2 Å². The van der Waals surface area contributed by atoms with Gasteiger partial charge in [0.25, 0.3) is 0 Å². The molecule has 25 heavy (non-hydrogen) atoms. The van der Waals surface area contributed by atoms with E-state index in [4.69, 9.17) is 13.7 Å². The quantitative estimate of drug-likeness (QED) is 0.654. The van der Waals surface area contributed by atoms with Crippen LogP contribution in [0.5, 0.6) is 0 Å². The molecule has 1 unspecified atom stereocenters. The Labute approximate surface area is 145 Å². The zero-order chi connectivity index (χ0) is 16.9. The molecule has 7 heteroatoms. The molecular formula is C18H20N4O3. The third-order valence-corrected chi connectivity index (χ3v) is 4.18. The molecule has 1 aliphatic heterocycles. The Morgan fingerprint density at radius 2 is 2.20 bits per heavy atom. The Morgan fingerprint density at radius 1 is 1.20 bits per heavy atom. The largest absolute Gasteiger partial charge is 0.461 e. The maximum atomic E-state index is 5.78. The van der Waals surface area contributed by atoms with E-state index < -0.39 is 0 Å². The topological polar surface area (TPSA) is 77.4 Å². The van der Waals surface area contributed by atoms with Gasteiger partial charge < -0.3 is 13.7 Å². The molecular weight excluding hydrogens is 320 g/mol. The summed E-state index contributed by atoms with van der Waals surface area (Å²) in [5, 5.41) is 4.00. The zero-order valence-electron chi connectivity index (χ0n) is 13.9. The second-order valence-electron chi connectivity index (χ2n) is 6.15. The van der Waals surface area contributed by atoms with Gasteiger partial charge in [0.05, 0.1) is 18.9 Å². The van der Waals surface area contributed by atoms with Crippen molar-refractivity contribution >= 4 is 0 Å². The van der Waals surface area contributed by atoms with Crippen LogP contribution in [0.1, 0.15) is 24.3 Å². The first-order chi connectivity index (χ1) is 12.4. The first kappa shape index (κ1) is 16.0. The van der Waals surface area contributed by atoms with Crippen LogP contribution in [0.4, 0.5) is 0 Å². The van der Waals surface area contributed by atoms with Crippen LogP contribution in [0.15, 0.2) is 51.9 Å². The molecule has 7 nitrogen and oxygen atoms in total. The molecule has 0 bridgehead atoms. The number of hydrogen-bond acceptors (Lipinski definition) is 7. The minimum Gasteiger partial charge on any atom is -0.461 e. The van der Waals surface area contributed by atoms with Crippen LogP contribution in [-0.4, -0.2) is 39.3 Å². The summed E-state index contributed by atoms with van der Waals surface area (Å²) in [6.45, 7) is 2.98. The van der Waals surface area contributed by atoms with Crippen molar-refractivity contribution in [2.24, 2.45) is 0 Å². The summed E-state index contributed by atoms with van der Waals surface area (Å²) in [6, 6.07) is 7.63. The highest BCUT2D eigenvalue weighted by molar-refractivity contribution is 5.44. The lowest BCUT2D eigenvalue weighted by molar-refractivity contribution is 0.0640. The van der Waals surface area contributed by atoms with Crippen molar-refractivity contribution in [1.82, 2.24) is 20.0 Å². The Balaban J connectivity index is 1.47. The van der Waals surface area contributed by atoms with Gasteiger partial charge in [-0.1, -0.05) is 11.2 Å². The smallest absolute Gasteiger partial charge is 0.241 e. The van der Waals surface area contributed by atoms with Crippen molar-refractivity contribution < 1.29 is 13.7 Å². The predicted molar refractivity (Wildman–Crippen MR) is 89.3 cm³/mol. The summed E-state index contributed by atoms with van der Waals surface area (Å²) < 4.78 is 16.5. The van der Waals surface area contributed by atoms with Crippen LogP contribution >= 0.6 is 0 Å². The maximum absolute atomic E-state index is 5.78. The molecule has 0 aliphatic carbocycles. The fraction of sp³-hybridized carbons (Fsp3) is 0.389. The van der Waals surface area contributed by atoms with E-state index in [0.717, 1.165) is 38.1 Å². The van der Waals surface area contributed by atoms with E-state index in [1.807, 2.05) is 18.3 Å².